The standard InChI is InChI=1S/C15H21ClN2/c1-9-2-3-10(14(16)4-9)8-15(18-17)13-6-11-5-12(11)7-13/h2-4,11-13,15,18H,5-8,17H2,1H3. The number of nitrogens with two attached hydrogens (primary N) is 1. The van der Waals surface area contributed by atoms with Crippen LogP contribution in [0.3, 0.4) is 0 Å². The first kappa shape index (κ1) is 12.5. The van der Waals surface area contributed by atoms with Gasteiger partial charge in [-0.25, -0.2) is 0 Å². The van der Waals surface area contributed by atoms with E-state index in [4.69, 9.17) is 17.4 Å². The van der Waals surface area contributed by atoms with Crippen LogP contribution in [0, 0.1) is 24.7 Å². The zero-order chi connectivity index (χ0) is 12.7. The Morgan fingerprint density at radius 1 is 1.33 bits per heavy atom. The van der Waals surface area contributed by atoms with E-state index in [1.54, 1.807) is 0 Å². The van der Waals surface area contributed by atoms with Gasteiger partial charge in [0, 0.05) is 11.1 Å². The largest absolute Gasteiger partial charge is 0.271 e. The predicted octanol–water partition coefficient (Wildman–Crippen LogP) is 3.07. The van der Waals surface area contributed by atoms with Crippen LogP contribution >= 0.6 is 11.6 Å². The number of nitrogens with one attached hydrogen (secondary N) is 1. The molecule has 3 heteroatoms. The highest BCUT2D eigenvalue weighted by atomic mass is 35.5. The SMILES string of the molecule is Cc1ccc(CC(NN)C2CC3CC3C2)c(Cl)c1. The van der Waals surface area contributed by atoms with Crippen LogP contribution < -0.4 is 11.3 Å². The van der Waals surface area contributed by atoms with Crippen LogP contribution in [0.15, 0.2) is 18.2 Å². The number of benzene rings is 1. The van der Waals surface area contributed by atoms with E-state index in [1.165, 1.54) is 30.4 Å². The van der Waals surface area contributed by atoms with Gasteiger partial charge in [-0.15, -0.1) is 0 Å². The lowest BCUT2D eigenvalue weighted by atomic mass is 9.90. The fourth-order valence-corrected chi connectivity index (χ4v) is 3.82. The van der Waals surface area contributed by atoms with Crippen molar-refractivity contribution in [2.45, 2.75) is 38.6 Å². The molecule has 2 aliphatic carbocycles. The molecule has 2 fully saturated rings. The van der Waals surface area contributed by atoms with Crippen molar-refractivity contribution in [3.05, 3.63) is 34.3 Å². The molecule has 18 heavy (non-hydrogen) atoms. The summed E-state index contributed by atoms with van der Waals surface area (Å²) in [6.45, 7) is 2.07. The molecule has 0 saturated heterocycles. The van der Waals surface area contributed by atoms with E-state index in [2.05, 4.69) is 24.5 Å². The maximum Gasteiger partial charge on any atom is 0.0441 e. The summed E-state index contributed by atoms with van der Waals surface area (Å²) in [5, 5.41) is 0.874. The van der Waals surface area contributed by atoms with E-state index in [-0.39, 0.29) is 0 Å². The van der Waals surface area contributed by atoms with Crippen molar-refractivity contribution in [2.24, 2.45) is 23.6 Å². The highest BCUT2D eigenvalue weighted by Gasteiger charge is 2.47. The van der Waals surface area contributed by atoms with E-state index in [0.717, 1.165) is 29.2 Å². The van der Waals surface area contributed by atoms with Crippen molar-refractivity contribution in [2.75, 3.05) is 0 Å². The molecular weight excluding hydrogens is 244 g/mol. The van der Waals surface area contributed by atoms with E-state index in [1.807, 2.05) is 6.07 Å². The summed E-state index contributed by atoms with van der Waals surface area (Å²) < 4.78 is 0. The van der Waals surface area contributed by atoms with Gasteiger partial charge in [0.05, 0.1) is 0 Å². The Kier molecular flexibility index (Phi) is 3.35. The molecule has 0 heterocycles. The number of hydrazine groups is 1. The molecule has 0 spiro atoms. The summed E-state index contributed by atoms with van der Waals surface area (Å²) in [7, 11) is 0. The Balaban J connectivity index is 1.69. The third-order valence-electron chi connectivity index (χ3n) is 4.71. The van der Waals surface area contributed by atoms with Gasteiger partial charge < -0.3 is 0 Å². The van der Waals surface area contributed by atoms with Crippen LogP contribution in [-0.2, 0) is 6.42 Å². The Bertz CT molecular complexity index is 436. The van der Waals surface area contributed by atoms with E-state index >= 15 is 0 Å². The van der Waals surface area contributed by atoms with Crippen molar-refractivity contribution < 1.29 is 0 Å². The van der Waals surface area contributed by atoms with Crippen LogP contribution in [0.5, 0.6) is 0 Å². The zero-order valence-electron chi connectivity index (χ0n) is 10.8. The second kappa shape index (κ2) is 4.84. The second-order valence-electron chi connectivity index (χ2n) is 6.06. The topological polar surface area (TPSA) is 38.0 Å². The minimum Gasteiger partial charge on any atom is -0.271 e. The van der Waals surface area contributed by atoms with E-state index in [9.17, 15) is 0 Å². The Hall–Kier alpha value is -0.570. The first-order valence-corrected chi connectivity index (χ1v) is 7.26. The van der Waals surface area contributed by atoms with Crippen LogP contribution in [0.1, 0.15) is 30.4 Å². The lowest BCUT2D eigenvalue weighted by Crippen LogP contribution is -2.42. The van der Waals surface area contributed by atoms with Crippen LogP contribution in [0.2, 0.25) is 5.02 Å². The molecule has 0 aliphatic heterocycles. The Morgan fingerprint density at radius 2 is 2.06 bits per heavy atom. The molecular formula is C15H21ClN2. The molecule has 1 aromatic carbocycles. The van der Waals surface area contributed by atoms with Gasteiger partial charge in [0.15, 0.2) is 0 Å². The van der Waals surface area contributed by atoms with Crippen molar-refractivity contribution in [3.8, 4) is 0 Å². The quantitative estimate of drug-likeness (QED) is 0.648. The summed E-state index contributed by atoms with van der Waals surface area (Å²) in [4.78, 5) is 0. The fraction of sp³-hybridized carbons (Fsp3) is 0.600. The van der Waals surface area contributed by atoms with Crippen LogP contribution in [0.4, 0.5) is 0 Å². The maximum atomic E-state index is 6.31. The lowest BCUT2D eigenvalue weighted by Gasteiger charge is -2.24. The molecule has 0 amide bonds. The molecule has 0 bridgehead atoms. The summed E-state index contributed by atoms with van der Waals surface area (Å²) in [5.41, 5.74) is 5.44. The summed E-state index contributed by atoms with van der Waals surface area (Å²) >= 11 is 6.31. The molecule has 0 radical (unpaired) electrons. The number of hydrogen-bond donors (Lipinski definition) is 2. The summed E-state index contributed by atoms with van der Waals surface area (Å²) in [5.74, 6) is 8.48. The Morgan fingerprint density at radius 3 is 2.67 bits per heavy atom. The van der Waals surface area contributed by atoms with Gasteiger partial charge in [0.1, 0.15) is 0 Å². The van der Waals surface area contributed by atoms with Crippen LogP contribution in [0.25, 0.3) is 0 Å². The van der Waals surface area contributed by atoms with Crippen molar-refractivity contribution >= 4 is 11.6 Å². The highest BCUT2D eigenvalue weighted by Crippen LogP contribution is 2.55. The molecule has 3 unspecified atom stereocenters. The number of rotatable bonds is 4. The molecule has 2 aliphatic rings. The van der Waals surface area contributed by atoms with Gasteiger partial charge in [-0.2, -0.15) is 0 Å². The monoisotopic (exact) mass is 264 g/mol. The lowest BCUT2D eigenvalue weighted by molar-refractivity contribution is 0.336. The zero-order valence-corrected chi connectivity index (χ0v) is 11.6. The minimum atomic E-state index is 0.373. The molecule has 3 rings (SSSR count). The number of halogens is 1. The van der Waals surface area contributed by atoms with Gasteiger partial charge in [-0.1, -0.05) is 23.7 Å². The molecule has 0 aromatic heterocycles. The number of aryl methyl sites for hydroxylation is 1. The normalized spacial score (nSPS) is 31.2. The van der Waals surface area contributed by atoms with Crippen LogP contribution in [-0.4, -0.2) is 6.04 Å². The predicted molar refractivity (Wildman–Crippen MR) is 75.3 cm³/mol. The average molecular weight is 265 g/mol. The minimum absolute atomic E-state index is 0.373. The fourth-order valence-electron chi connectivity index (χ4n) is 3.51. The highest BCUT2D eigenvalue weighted by molar-refractivity contribution is 6.31. The van der Waals surface area contributed by atoms with Gasteiger partial charge >= 0.3 is 0 Å². The number of hydrogen-bond acceptors (Lipinski definition) is 2. The smallest absolute Gasteiger partial charge is 0.0441 e. The second-order valence-corrected chi connectivity index (χ2v) is 6.47. The molecule has 98 valence electrons. The summed E-state index contributed by atoms with van der Waals surface area (Å²) in [6, 6.07) is 6.67. The van der Waals surface area contributed by atoms with Gasteiger partial charge in [-0.3, -0.25) is 11.3 Å². The third-order valence-corrected chi connectivity index (χ3v) is 5.06. The average Bonchev–Trinajstić information content (AvgIpc) is 2.95. The molecule has 2 nitrogen and oxygen atoms in total. The van der Waals surface area contributed by atoms with E-state index in [0.29, 0.717) is 6.04 Å². The van der Waals surface area contributed by atoms with E-state index < -0.39 is 0 Å². The first-order chi connectivity index (χ1) is 8.67. The molecule has 2 saturated carbocycles. The first-order valence-electron chi connectivity index (χ1n) is 6.88. The van der Waals surface area contributed by atoms with Crippen molar-refractivity contribution in [1.29, 1.82) is 0 Å². The molecule has 3 N–H and O–H groups in total. The maximum absolute atomic E-state index is 6.31. The third kappa shape index (κ3) is 2.42. The molecule has 3 atom stereocenters. The van der Waals surface area contributed by atoms with Gasteiger partial charge in [0.25, 0.3) is 0 Å². The van der Waals surface area contributed by atoms with Gasteiger partial charge in [-0.05, 0) is 67.6 Å². The molecule has 1 aromatic rings. The summed E-state index contributed by atoms with van der Waals surface area (Å²) in [6.07, 6.45) is 5.10. The van der Waals surface area contributed by atoms with Gasteiger partial charge in [0.2, 0.25) is 0 Å². The van der Waals surface area contributed by atoms with Crippen molar-refractivity contribution in [1.82, 2.24) is 5.43 Å². The Labute approximate surface area is 114 Å². The number of fused-ring (bicyclic) bond motifs is 1. The van der Waals surface area contributed by atoms with Crippen molar-refractivity contribution in [3.63, 3.8) is 0 Å².